The average Bonchev–Trinajstić information content (AvgIpc) is 3.50. The number of carboxylic acids is 1. The van der Waals surface area contributed by atoms with Crippen molar-refractivity contribution in [3.05, 3.63) is 91.1 Å². The lowest BCUT2D eigenvalue weighted by atomic mass is 9.68. The molecule has 1 aliphatic heterocycles. The molecule has 1 aromatic heterocycles. The summed E-state index contributed by atoms with van der Waals surface area (Å²) in [5.41, 5.74) is 0.488. The van der Waals surface area contributed by atoms with E-state index in [2.05, 4.69) is 15.5 Å². The van der Waals surface area contributed by atoms with Crippen LogP contribution in [0.3, 0.4) is 0 Å². The van der Waals surface area contributed by atoms with Crippen LogP contribution in [0.5, 0.6) is 0 Å². The molecule has 9 nitrogen and oxygen atoms in total. The lowest BCUT2D eigenvalue weighted by Gasteiger charge is -2.38. The molecule has 1 saturated heterocycles. The molecule has 0 unspecified atom stereocenters. The second kappa shape index (κ2) is 16.9. The number of benzene rings is 2. The van der Waals surface area contributed by atoms with Gasteiger partial charge in [-0.05, 0) is 142 Å². The quantitative estimate of drug-likeness (QED) is 0.143. The minimum atomic E-state index is -4.85. The van der Waals surface area contributed by atoms with Crippen LogP contribution in [-0.4, -0.2) is 58.0 Å². The number of carboxylic acid groups (broad SMARTS) is 1. The molecule has 0 bridgehead atoms. The summed E-state index contributed by atoms with van der Waals surface area (Å²) in [5.74, 6) is -4.17. The van der Waals surface area contributed by atoms with Gasteiger partial charge in [0, 0.05) is 23.7 Å². The number of nitrogens with one attached hydrogen (secondary N) is 2. The van der Waals surface area contributed by atoms with Gasteiger partial charge in [-0.15, -0.1) is 0 Å². The fourth-order valence-corrected chi connectivity index (χ4v) is 8.49. The zero-order chi connectivity index (χ0) is 40.4. The van der Waals surface area contributed by atoms with Crippen molar-refractivity contribution in [2.24, 2.45) is 11.3 Å². The fraction of sp³-hybridized carbons (Fsp3) is 0.512. The van der Waals surface area contributed by atoms with Gasteiger partial charge in [-0.3, -0.25) is 19.2 Å². The number of nitrogens with zero attached hydrogens (tertiary/aromatic N) is 2. The third kappa shape index (κ3) is 9.78. The summed E-state index contributed by atoms with van der Waals surface area (Å²) in [5, 5.41) is 15.4. The lowest BCUT2D eigenvalue weighted by molar-refractivity contribution is -0.144. The Balaban J connectivity index is 1.39. The number of amides is 2. The van der Waals surface area contributed by atoms with Crippen LogP contribution in [0.4, 0.5) is 17.6 Å². The van der Waals surface area contributed by atoms with Gasteiger partial charge in [-0.25, -0.2) is 4.39 Å². The van der Waals surface area contributed by atoms with Gasteiger partial charge in [0.15, 0.2) is 0 Å². The number of rotatable bonds is 14. The highest BCUT2D eigenvalue weighted by molar-refractivity contribution is 6.30. The Morgan fingerprint density at radius 1 is 0.964 bits per heavy atom. The van der Waals surface area contributed by atoms with Crippen molar-refractivity contribution in [3.8, 4) is 11.1 Å². The molecule has 55 heavy (non-hydrogen) atoms. The molecule has 2 fully saturated rings. The van der Waals surface area contributed by atoms with Crippen LogP contribution in [0.15, 0.2) is 41.2 Å². The van der Waals surface area contributed by atoms with Crippen LogP contribution in [-0.2, 0) is 22.3 Å². The highest BCUT2D eigenvalue weighted by Gasteiger charge is 2.42. The number of alkyl halides is 3. The van der Waals surface area contributed by atoms with Crippen molar-refractivity contribution in [2.45, 2.75) is 104 Å². The molecule has 1 aliphatic carbocycles. The van der Waals surface area contributed by atoms with Crippen molar-refractivity contribution in [3.63, 3.8) is 0 Å². The molecule has 2 heterocycles. The topological polar surface area (TPSA) is 121 Å². The Morgan fingerprint density at radius 3 is 2.20 bits per heavy atom. The number of carbonyl (C=O) groups excluding carboxylic acids is 2. The van der Waals surface area contributed by atoms with E-state index in [0.717, 1.165) is 55.1 Å². The molecular formula is C41H49ClF4N4O5. The molecule has 3 N–H and O–H groups in total. The number of pyridine rings is 1. The highest BCUT2D eigenvalue weighted by Crippen LogP contribution is 2.48. The van der Waals surface area contributed by atoms with E-state index in [9.17, 15) is 37.5 Å². The van der Waals surface area contributed by atoms with E-state index in [0.29, 0.717) is 33.2 Å². The van der Waals surface area contributed by atoms with E-state index < -0.39 is 65.1 Å². The van der Waals surface area contributed by atoms with E-state index in [4.69, 9.17) is 11.6 Å². The molecule has 2 atom stereocenters. The molecule has 298 valence electrons. The summed E-state index contributed by atoms with van der Waals surface area (Å²) >= 11 is 6.23. The molecule has 2 amide bonds. The molecule has 3 aromatic rings. The fourth-order valence-electron chi connectivity index (χ4n) is 8.16. The van der Waals surface area contributed by atoms with Crippen LogP contribution in [0.25, 0.3) is 11.1 Å². The first kappa shape index (κ1) is 41.9. The van der Waals surface area contributed by atoms with Gasteiger partial charge in [-0.2, -0.15) is 13.2 Å². The summed E-state index contributed by atoms with van der Waals surface area (Å²) < 4.78 is 58.7. The number of hydrogen-bond acceptors (Lipinski definition) is 5. The van der Waals surface area contributed by atoms with Crippen LogP contribution < -0.4 is 16.2 Å². The number of aromatic nitrogens is 1. The van der Waals surface area contributed by atoms with Gasteiger partial charge in [0.25, 0.3) is 11.5 Å². The lowest BCUT2D eigenvalue weighted by Crippen LogP contribution is -2.49. The molecule has 1 spiro atoms. The van der Waals surface area contributed by atoms with Crippen molar-refractivity contribution in [1.82, 2.24) is 20.1 Å². The highest BCUT2D eigenvalue weighted by atomic mass is 35.5. The number of hydrogen-bond donors (Lipinski definition) is 3. The van der Waals surface area contributed by atoms with E-state index in [1.54, 1.807) is 32.0 Å². The maximum atomic E-state index is 15.8. The summed E-state index contributed by atoms with van der Waals surface area (Å²) in [6.07, 6.45) is -0.712. The average molecular weight is 789 g/mol. The van der Waals surface area contributed by atoms with E-state index in [1.165, 1.54) is 19.4 Å². The van der Waals surface area contributed by atoms with Gasteiger partial charge in [0.2, 0.25) is 5.91 Å². The normalized spacial score (nSPS) is 16.6. The summed E-state index contributed by atoms with van der Waals surface area (Å²) in [6.45, 7) is 10.7. The van der Waals surface area contributed by atoms with Gasteiger partial charge in [0.1, 0.15) is 23.1 Å². The second-order valence-electron chi connectivity index (χ2n) is 15.7. The molecule has 2 aliphatic rings. The standard InChI is InChI=1S/C41H49ClF4N4O5/c1-23(2)16-32(38(54)47-31(21-34(51)52)30-20-27(17-26(5)36(30)43)35-24(3)18-28(42)19-25(35)4)48-37(53)29-8-9-33(41(44,45)46)50(39(29)55)14-7-13-49-15-12-40(22-49)10-6-11-40/h8-9,17-20,23,31-32H,6-7,10-16,21-22H2,1-5H3,(H,47,54)(H,48,53)(H,51,52)/t31-,32-/m0/s1. The number of likely N-dealkylation sites (tertiary alicyclic amines) is 1. The SMILES string of the molecule is Cc1cc(-c2c(C)cc(Cl)cc2C)cc([C@H](CC(=O)O)NC(=O)[C@H](CC(C)C)NC(=O)c2ccc(C(F)(F)F)n(CCCN3CCC4(CCC4)C3)c2=O)c1F. The van der Waals surface area contributed by atoms with Gasteiger partial charge in [-0.1, -0.05) is 31.9 Å². The number of carbonyl (C=O) groups is 3. The van der Waals surface area contributed by atoms with Crippen LogP contribution >= 0.6 is 11.6 Å². The predicted octanol–water partition coefficient (Wildman–Crippen LogP) is 7.99. The smallest absolute Gasteiger partial charge is 0.431 e. The molecule has 14 heteroatoms. The first-order valence-corrected chi connectivity index (χ1v) is 19.1. The minimum absolute atomic E-state index is 0.0221. The third-order valence-corrected chi connectivity index (χ3v) is 11.2. The predicted molar refractivity (Wildman–Crippen MR) is 203 cm³/mol. The zero-order valence-electron chi connectivity index (χ0n) is 31.8. The maximum absolute atomic E-state index is 15.8. The van der Waals surface area contributed by atoms with E-state index in [-0.39, 0.29) is 36.4 Å². The Morgan fingerprint density at radius 2 is 1.64 bits per heavy atom. The third-order valence-electron chi connectivity index (χ3n) is 11.0. The molecule has 0 radical (unpaired) electrons. The van der Waals surface area contributed by atoms with Crippen LogP contribution in [0.1, 0.15) is 103 Å². The molecular weight excluding hydrogens is 740 g/mol. The van der Waals surface area contributed by atoms with Crippen molar-refractivity contribution >= 4 is 29.4 Å². The summed E-state index contributed by atoms with van der Waals surface area (Å²) in [4.78, 5) is 55.4. The number of aliphatic carboxylic acids is 1. The monoisotopic (exact) mass is 788 g/mol. The second-order valence-corrected chi connectivity index (χ2v) is 16.2. The molecule has 5 rings (SSSR count). The number of aryl methyl sites for hydroxylation is 3. The molecule has 2 aromatic carbocycles. The van der Waals surface area contributed by atoms with Gasteiger partial charge in [0.05, 0.1) is 12.5 Å². The van der Waals surface area contributed by atoms with E-state index in [1.807, 2.05) is 13.8 Å². The Hall–Kier alpha value is -4.23. The van der Waals surface area contributed by atoms with Crippen LogP contribution in [0, 0.1) is 37.9 Å². The van der Waals surface area contributed by atoms with Crippen LogP contribution in [0.2, 0.25) is 5.02 Å². The Kier molecular flexibility index (Phi) is 12.9. The van der Waals surface area contributed by atoms with Gasteiger partial charge >= 0.3 is 12.1 Å². The Labute approximate surface area is 323 Å². The van der Waals surface area contributed by atoms with Crippen molar-refractivity contribution < 1.29 is 37.1 Å². The summed E-state index contributed by atoms with van der Waals surface area (Å²) in [6, 6.07) is 5.38. The van der Waals surface area contributed by atoms with Crippen molar-refractivity contribution in [1.29, 1.82) is 0 Å². The summed E-state index contributed by atoms with van der Waals surface area (Å²) in [7, 11) is 0. The maximum Gasteiger partial charge on any atom is 0.431 e. The minimum Gasteiger partial charge on any atom is -0.481 e. The van der Waals surface area contributed by atoms with Crippen molar-refractivity contribution in [2.75, 3.05) is 19.6 Å². The first-order chi connectivity index (χ1) is 25.8. The largest absolute Gasteiger partial charge is 0.481 e. The zero-order valence-corrected chi connectivity index (χ0v) is 32.6. The molecule has 1 saturated carbocycles. The van der Waals surface area contributed by atoms with E-state index >= 15 is 4.39 Å². The first-order valence-electron chi connectivity index (χ1n) is 18.7. The van der Waals surface area contributed by atoms with Gasteiger partial charge < -0.3 is 25.2 Å². The Bertz CT molecular complexity index is 1990. The number of halogens is 5.